The Morgan fingerprint density at radius 2 is 1.22 bits per heavy atom. The quantitative estimate of drug-likeness (QED) is 0.657. The molecule has 0 atom stereocenters. The van der Waals surface area contributed by atoms with Crippen molar-refractivity contribution in [3.63, 3.8) is 0 Å². The van der Waals surface area contributed by atoms with Gasteiger partial charge in [0.1, 0.15) is 5.78 Å². The van der Waals surface area contributed by atoms with E-state index >= 15 is 0 Å². The summed E-state index contributed by atoms with van der Waals surface area (Å²) in [5.74, 6) is 1.02. The molecule has 5 nitrogen and oxygen atoms in total. The van der Waals surface area contributed by atoms with Gasteiger partial charge in [-0.25, -0.2) is 0 Å². The van der Waals surface area contributed by atoms with Crippen molar-refractivity contribution in [2.24, 2.45) is 11.8 Å². The summed E-state index contributed by atoms with van der Waals surface area (Å²) >= 11 is 0. The summed E-state index contributed by atoms with van der Waals surface area (Å²) in [5.41, 5.74) is 0. The summed E-state index contributed by atoms with van der Waals surface area (Å²) in [5, 5.41) is 0. The predicted molar refractivity (Wildman–Crippen MR) is 104 cm³/mol. The number of nitrogens with zero attached hydrogens (tertiary/aromatic N) is 3. The van der Waals surface area contributed by atoms with E-state index in [1.165, 1.54) is 25.9 Å². The molecule has 6 heteroatoms. The number of hydrogen-bond donors (Lipinski definition) is 0. The van der Waals surface area contributed by atoms with E-state index in [-0.39, 0.29) is 44.5 Å². The molecule has 1 radical (unpaired) electrons. The van der Waals surface area contributed by atoms with Gasteiger partial charge in [0.25, 0.3) is 0 Å². The van der Waals surface area contributed by atoms with E-state index < -0.39 is 0 Å². The summed E-state index contributed by atoms with van der Waals surface area (Å²) in [6.45, 7) is 5.92. The maximum Gasteiger partial charge on any atom is 0.225 e. The molecule has 27 heavy (non-hydrogen) atoms. The van der Waals surface area contributed by atoms with Crippen molar-refractivity contribution in [1.82, 2.24) is 14.7 Å². The van der Waals surface area contributed by atoms with Crippen LogP contribution >= 0.6 is 0 Å². The van der Waals surface area contributed by atoms with E-state index in [1.54, 1.807) is 6.92 Å². The van der Waals surface area contributed by atoms with Gasteiger partial charge in [-0.15, -0.1) is 0 Å². The Hall–Kier alpha value is 0.164. The Morgan fingerprint density at radius 3 is 1.70 bits per heavy atom. The molecule has 3 rings (SSSR count). The number of piperidine rings is 2. The molecule has 2 aliphatic heterocycles. The SMILES string of the molecule is CC(=O)C1CCC(C(=O)N2CCC(N(C)C3CCN(C)CC3)CC2)CC1.[Y]. The summed E-state index contributed by atoms with van der Waals surface area (Å²) in [4.78, 5) is 31.5. The molecule has 0 unspecified atom stereocenters. The number of likely N-dealkylation sites (tertiary alicyclic amines) is 2. The maximum atomic E-state index is 12.9. The molecule has 1 aliphatic carbocycles. The van der Waals surface area contributed by atoms with Crippen LogP contribution in [0.15, 0.2) is 0 Å². The fraction of sp³-hybridized carbons (Fsp3) is 0.905. The van der Waals surface area contributed by atoms with Gasteiger partial charge < -0.3 is 14.7 Å². The molecule has 0 spiro atoms. The van der Waals surface area contributed by atoms with E-state index in [0.717, 1.165) is 51.6 Å². The molecule has 1 saturated carbocycles. The Kier molecular flexibility index (Phi) is 9.38. The van der Waals surface area contributed by atoms with Crippen LogP contribution in [0.2, 0.25) is 0 Å². The molecular weight excluding hydrogens is 415 g/mol. The molecule has 0 bridgehead atoms. The normalized spacial score (nSPS) is 28.8. The van der Waals surface area contributed by atoms with Gasteiger partial charge in [0.05, 0.1) is 0 Å². The second-order valence-corrected chi connectivity index (χ2v) is 8.92. The van der Waals surface area contributed by atoms with Crippen molar-refractivity contribution in [3.8, 4) is 0 Å². The Morgan fingerprint density at radius 1 is 0.778 bits per heavy atom. The number of carbonyl (C=O) groups is 2. The standard InChI is InChI=1S/C21H37N3O2.Y/c1-16(25)17-4-6-18(7-5-17)21(26)24-14-10-20(11-15-24)23(3)19-8-12-22(2)13-9-19;/h17-20H,4-15H2,1-3H3;. The molecule has 2 saturated heterocycles. The molecule has 3 fully saturated rings. The number of amides is 1. The van der Waals surface area contributed by atoms with Crippen LogP contribution in [0.5, 0.6) is 0 Å². The summed E-state index contributed by atoms with van der Waals surface area (Å²) in [7, 11) is 4.51. The van der Waals surface area contributed by atoms with Gasteiger partial charge in [-0.3, -0.25) is 9.59 Å². The zero-order valence-electron chi connectivity index (χ0n) is 17.5. The molecule has 0 aromatic rings. The Labute approximate surface area is 190 Å². The molecule has 0 aromatic heterocycles. The summed E-state index contributed by atoms with van der Waals surface area (Å²) in [6, 6.07) is 1.33. The molecule has 2 heterocycles. The van der Waals surface area contributed by atoms with Crippen LogP contribution in [-0.2, 0) is 42.3 Å². The van der Waals surface area contributed by atoms with Crippen molar-refractivity contribution < 1.29 is 42.3 Å². The van der Waals surface area contributed by atoms with Gasteiger partial charge in [0, 0.05) is 69.7 Å². The van der Waals surface area contributed by atoms with Crippen molar-refractivity contribution >= 4 is 11.7 Å². The largest absolute Gasteiger partial charge is 0.342 e. The van der Waals surface area contributed by atoms with Crippen LogP contribution in [-0.4, -0.2) is 78.7 Å². The second-order valence-electron chi connectivity index (χ2n) is 8.92. The van der Waals surface area contributed by atoms with E-state index in [0.29, 0.717) is 23.8 Å². The monoisotopic (exact) mass is 452 g/mol. The molecular formula is C21H37N3O2Y. The minimum Gasteiger partial charge on any atom is -0.342 e. The van der Waals surface area contributed by atoms with E-state index in [2.05, 4.69) is 28.8 Å². The number of Topliss-reactive ketones (excluding diaryl/α,β-unsaturated/α-hetero) is 1. The number of hydrogen-bond acceptors (Lipinski definition) is 4. The van der Waals surface area contributed by atoms with Gasteiger partial charge in [-0.1, -0.05) is 0 Å². The number of rotatable bonds is 4. The average molecular weight is 452 g/mol. The van der Waals surface area contributed by atoms with Crippen LogP contribution in [0.3, 0.4) is 0 Å². The Balaban J connectivity index is 0.00000261. The first-order valence-electron chi connectivity index (χ1n) is 10.7. The maximum absolute atomic E-state index is 12.9. The van der Waals surface area contributed by atoms with E-state index in [1.807, 2.05) is 0 Å². The van der Waals surface area contributed by atoms with Crippen LogP contribution in [0.1, 0.15) is 58.3 Å². The molecule has 3 aliphatic rings. The molecule has 0 aromatic carbocycles. The predicted octanol–water partition coefficient (Wildman–Crippen LogP) is 2.40. The van der Waals surface area contributed by atoms with Gasteiger partial charge in [0.15, 0.2) is 0 Å². The summed E-state index contributed by atoms with van der Waals surface area (Å²) in [6.07, 6.45) is 8.37. The van der Waals surface area contributed by atoms with Crippen LogP contribution in [0.4, 0.5) is 0 Å². The zero-order valence-corrected chi connectivity index (χ0v) is 20.4. The third-order valence-corrected chi connectivity index (χ3v) is 7.27. The van der Waals surface area contributed by atoms with Crippen molar-refractivity contribution in [2.45, 2.75) is 70.4 Å². The van der Waals surface area contributed by atoms with Gasteiger partial charge in [-0.05, 0) is 85.5 Å². The van der Waals surface area contributed by atoms with E-state index in [9.17, 15) is 9.59 Å². The summed E-state index contributed by atoms with van der Waals surface area (Å²) < 4.78 is 0. The zero-order chi connectivity index (χ0) is 18.7. The van der Waals surface area contributed by atoms with Crippen LogP contribution in [0, 0.1) is 11.8 Å². The van der Waals surface area contributed by atoms with Gasteiger partial charge >= 0.3 is 0 Å². The first kappa shape index (κ1) is 23.4. The van der Waals surface area contributed by atoms with Crippen LogP contribution < -0.4 is 0 Å². The van der Waals surface area contributed by atoms with Crippen molar-refractivity contribution in [1.29, 1.82) is 0 Å². The molecule has 0 N–H and O–H groups in total. The minimum absolute atomic E-state index is 0. The van der Waals surface area contributed by atoms with Crippen LogP contribution in [0.25, 0.3) is 0 Å². The first-order valence-corrected chi connectivity index (χ1v) is 10.7. The number of ketones is 1. The van der Waals surface area contributed by atoms with Gasteiger partial charge in [0.2, 0.25) is 5.91 Å². The smallest absolute Gasteiger partial charge is 0.225 e. The van der Waals surface area contributed by atoms with Crippen molar-refractivity contribution in [2.75, 3.05) is 40.3 Å². The molecule has 1 amide bonds. The van der Waals surface area contributed by atoms with Gasteiger partial charge in [-0.2, -0.15) is 0 Å². The Bertz CT molecular complexity index is 492. The topological polar surface area (TPSA) is 43.9 Å². The third-order valence-electron chi connectivity index (χ3n) is 7.27. The molecule has 151 valence electrons. The fourth-order valence-corrected chi connectivity index (χ4v) is 5.20. The third kappa shape index (κ3) is 6.07. The fourth-order valence-electron chi connectivity index (χ4n) is 5.20. The van der Waals surface area contributed by atoms with Crippen molar-refractivity contribution in [3.05, 3.63) is 0 Å². The second kappa shape index (κ2) is 10.8. The van der Waals surface area contributed by atoms with E-state index in [4.69, 9.17) is 0 Å². The average Bonchev–Trinajstić information content (AvgIpc) is 2.67. The number of carbonyl (C=O) groups excluding carboxylic acids is 2. The minimum atomic E-state index is 0. The first-order chi connectivity index (χ1) is 12.5.